The van der Waals surface area contributed by atoms with E-state index in [-0.39, 0.29) is 14.5 Å². The summed E-state index contributed by atoms with van der Waals surface area (Å²) in [5.41, 5.74) is -1.41. The lowest BCUT2D eigenvalue weighted by atomic mass is 10.2. The van der Waals surface area contributed by atoms with E-state index in [2.05, 4.69) is 25.7 Å². The molecular formula is C8H3BrF6INO. The Morgan fingerprint density at radius 3 is 2.17 bits per heavy atom. The largest absolute Gasteiger partial charge is 0.574 e. The SMILES string of the molecule is FC(F)(F)Oc1ncc(CBr)c(I)c1C(F)(F)F. The van der Waals surface area contributed by atoms with Gasteiger partial charge in [0, 0.05) is 15.1 Å². The number of hydrogen-bond acceptors (Lipinski definition) is 2. The first-order valence-electron chi connectivity index (χ1n) is 4.12. The van der Waals surface area contributed by atoms with Crippen LogP contribution in [0, 0.1) is 3.57 Å². The highest BCUT2D eigenvalue weighted by Gasteiger charge is 2.42. The van der Waals surface area contributed by atoms with Crippen LogP contribution in [0.15, 0.2) is 6.20 Å². The Morgan fingerprint density at radius 2 is 1.78 bits per heavy atom. The Morgan fingerprint density at radius 1 is 1.22 bits per heavy atom. The average molecular weight is 450 g/mol. The molecule has 0 aromatic carbocycles. The molecule has 0 saturated carbocycles. The quantitative estimate of drug-likeness (QED) is 0.377. The Labute approximate surface area is 119 Å². The van der Waals surface area contributed by atoms with E-state index in [4.69, 9.17) is 0 Å². The predicted molar refractivity (Wildman–Crippen MR) is 61.3 cm³/mol. The molecule has 18 heavy (non-hydrogen) atoms. The molecule has 0 radical (unpaired) electrons. The van der Waals surface area contributed by atoms with Crippen molar-refractivity contribution < 1.29 is 31.1 Å². The van der Waals surface area contributed by atoms with Gasteiger partial charge in [0.1, 0.15) is 5.56 Å². The fourth-order valence-corrected chi connectivity index (χ4v) is 2.85. The maximum Gasteiger partial charge on any atom is 0.574 e. The third-order valence-corrected chi connectivity index (χ3v) is 3.53. The fourth-order valence-electron chi connectivity index (χ4n) is 1.04. The second-order valence-corrected chi connectivity index (χ2v) is 4.60. The fraction of sp³-hybridized carbons (Fsp3) is 0.375. The van der Waals surface area contributed by atoms with Crippen molar-refractivity contribution in [3.63, 3.8) is 0 Å². The van der Waals surface area contributed by atoms with Gasteiger partial charge in [-0.2, -0.15) is 13.2 Å². The molecule has 1 heterocycles. The van der Waals surface area contributed by atoms with Crippen LogP contribution in [0.5, 0.6) is 5.88 Å². The summed E-state index contributed by atoms with van der Waals surface area (Å²) in [6.07, 6.45) is -9.32. The zero-order valence-corrected chi connectivity index (χ0v) is 11.9. The number of halogens is 8. The van der Waals surface area contributed by atoms with Crippen LogP contribution in [0.25, 0.3) is 0 Å². The zero-order chi connectivity index (χ0) is 14.1. The summed E-state index contributed by atoms with van der Waals surface area (Å²) in [6, 6.07) is 0. The lowest BCUT2D eigenvalue weighted by Crippen LogP contribution is -2.22. The first kappa shape index (κ1) is 15.8. The molecule has 0 unspecified atom stereocenters. The van der Waals surface area contributed by atoms with Crippen LogP contribution in [0.1, 0.15) is 11.1 Å². The van der Waals surface area contributed by atoms with Crippen molar-refractivity contribution in [2.24, 2.45) is 0 Å². The molecule has 0 aliphatic carbocycles. The molecule has 0 bridgehead atoms. The van der Waals surface area contributed by atoms with E-state index in [1.54, 1.807) is 0 Å². The number of aromatic nitrogens is 1. The number of ether oxygens (including phenoxy) is 1. The molecular weight excluding hydrogens is 447 g/mol. The van der Waals surface area contributed by atoms with Crippen LogP contribution >= 0.6 is 38.5 Å². The summed E-state index contributed by atoms with van der Waals surface area (Å²) >= 11 is 4.23. The molecule has 0 aliphatic rings. The van der Waals surface area contributed by atoms with Crippen molar-refractivity contribution >= 4 is 38.5 Å². The van der Waals surface area contributed by atoms with E-state index in [0.29, 0.717) is 0 Å². The molecule has 102 valence electrons. The van der Waals surface area contributed by atoms with E-state index in [9.17, 15) is 26.3 Å². The molecule has 0 fully saturated rings. The van der Waals surface area contributed by atoms with Gasteiger partial charge in [0.05, 0.1) is 0 Å². The number of hydrogen-bond donors (Lipinski definition) is 0. The van der Waals surface area contributed by atoms with Gasteiger partial charge in [0.25, 0.3) is 0 Å². The van der Waals surface area contributed by atoms with E-state index < -0.39 is 24.0 Å². The molecule has 0 atom stereocenters. The van der Waals surface area contributed by atoms with Crippen LogP contribution in [0.4, 0.5) is 26.3 Å². The second-order valence-electron chi connectivity index (χ2n) is 2.96. The predicted octanol–water partition coefficient (Wildman–Crippen LogP) is 4.50. The van der Waals surface area contributed by atoms with Crippen LogP contribution in [0.3, 0.4) is 0 Å². The summed E-state index contributed by atoms with van der Waals surface area (Å²) in [4.78, 5) is 3.07. The van der Waals surface area contributed by atoms with Crippen LogP contribution in [0.2, 0.25) is 0 Å². The normalized spacial score (nSPS) is 12.7. The molecule has 0 amide bonds. The Balaban J connectivity index is 3.39. The minimum absolute atomic E-state index is 0.0354. The molecule has 2 nitrogen and oxygen atoms in total. The lowest BCUT2D eigenvalue weighted by molar-refractivity contribution is -0.278. The van der Waals surface area contributed by atoms with Crippen molar-refractivity contribution in [2.75, 3.05) is 0 Å². The highest BCUT2D eigenvalue weighted by Crippen LogP contribution is 2.41. The molecule has 1 rings (SSSR count). The van der Waals surface area contributed by atoms with Gasteiger partial charge in [0.15, 0.2) is 0 Å². The van der Waals surface area contributed by atoms with Crippen molar-refractivity contribution in [1.82, 2.24) is 4.98 Å². The molecule has 0 spiro atoms. The van der Waals surface area contributed by atoms with Crippen LogP contribution in [-0.4, -0.2) is 11.3 Å². The third kappa shape index (κ3) is 3.87. The average Bonchev–Trinajstić information content (AvgIpc) is 2.13. The maximum atomic E-state index is 12.7. The molecule has 0 N–H and O–H groups in total. The summed E-state index contributed by atoms with van der Waals surface area (Å²) < 4.78 is 76.9. The molecule has 0 saturated heterocycles. The smallest absolute Gasteiger partial charge is 0.387 e. The first-order chi connectivity index (χ1) is 8.06. The monoisotopic (exact) mass is 449 g/mol. The lowest BCUT2D eigenvalue weighted by Gasteiger charge is -2.16. The Kier molecular flexibility index (Phi) is 4.73. The number of pyridine rings is 1. The number of nitrogens with zero attached hydrogens (tertiary/aromatic N) is 1. The molecule has 1 aromatic rings. The van der Waals surface area contributed by atoms with Gasteiger partial charge in [-0.25, -0.2) is 4.98 Å². The summed E-state index contributed by atoms with van der Waals surface area (Å²) in [6.45, 7) is 0. The summed E-state index contributed by atoms with van der Waals surface area (Å²) in [5, 5.41) is 0.0354. The van der Waals surface area contributed by atoms with E-state index in [0.717, 1.165) is 6.20 Å². The zero-order valence-electron chi connectivity index (χ0n) is 8.16. The van der Waals surface area contributed by atoms with E-state index >= 15 is 0 Å². The summed E-state index contributed by atoms with van der Waals surface area (Å²) in [7, 11) is 0. The number of rotatable bonds is 2. The Hall–Kier alpha value is -0.260. The van der Waals surface area contributed by atoms with E-state index in [1.165, 1.54) is 22.6 Å². The minimum Gasteiger partial charge on any atom is -0.387 e. The van der Waals surface area contributed by atoms with Crippen molar-refractivity contribution in [3.8, 4) is 5.88 Å². The number of alkyl halides is 7. The second kappa shape index (κ2) is 5.39. The highest BCUT2D eigenvalue weighted by molar-refractivity contribution is 14.1. The van der Waals surface area contributed by atoms with Gasteiger partial charge in [0.2, 0.25) is 5.88 Å². The highest BCUT2D eigenvalue weighted by atomic mass is 127. The van der Waals surface area contributed by atoms with Gasteiger partial charge in [-0.3, -0.25) is 0 Å². The van der Waals surface area contributed by atoms with Gasteiger partial charge in [-0.1, -0.05) is 15.9 Å². The minimum atomic E-state index is -5.23. The first-order valence-corrected chi connectivity index (χ1v) is 6.32. The molecule has 10 heteroatoms. The van der Waals surface area contributed by atoms with Crippen LogP contribution in [-0.2, 0) is 11.5 Å². The van der Waals surface area contributed by atoms with Gasteiger partial charge < -0.3 is 4.74 Å². The summed E-state index contributed by atoms with van der Waals surface area (Å²) in [5.74, 6) is -1.50. The third-order valence-electron chi connectivity index (χ3n) is 1.69. The van der Waals surface area contributed by atoms with Crippen LogP contribution < -0.4 is 4.74 Å². The molecule has 1 aromatic heterocycles. The standard InChI is InChI=1S/C8H3BrF6INO/c9-1-3-2-17-6(18-8(13,14)15)4(5(3)16)7(10,11)12/h2H,1H2. The molecule has 0 aliphatic heterocycles. The van der Waals surface area contributed by atoms with Gasteiger partial charge in [-0.15, -0.1) is 13.2 Å². The van der Waals surface area contributed by atoms with E-state index in [1.807, 2.05) is 0 Å². The topological polar surface area (TPSA) is 22.1 Å². The van der Waals surface area contributed by atoms with Gasteiger partial charge in [-0.05, 0) is 28.2 Å². The van der Waals surface area contributed by atoms with Crippen molar-refractivity contribution in [2.45, 2.75) is 17.9 Å². The van der Waals surface area contributed by atoms with Crippen molar-refractivity contribution in [1.29, 1.82) is 0 Å². The van der Waals surface area contributed by atoms with Crippen molar-refractivity contribution in [3.05, 3.63) is 20.9 Å². The maximum absolute atomic E-state index is 12.7. The Bertz CT molecular complexity index is 446. The van der Waals surface area contributed by atoms with Gasteiger partial charge >= 0.3 is 12.5 Å².